The van der Waals surface area contributed by atoms with Crippen molar-refractivity contribution in [2.24, 2.45) is 5.41 Å². The van der Waals surface area contributed by atoms with Crippen molar-refractivity contribution in [1.29, 1.82) is 0 Å². The fraction of sp³-hybridized carbons (Fsp3) is 0.250. The molecule has 0 aliphatic carbocycles. The van der Waals surface area contributed by atoms with Gasteiger partial charge in [0.25, 0.3) is 0 Å². The van der Waals surface area contributed by atoms with Crippen LogP contribution in [0.3, 0.4) is 0 Å². The molecule has 0 atom stereocenters. The molecule has 1 aliphatic heterocycles. The lowest BCUT2D eigenvalue weighted by Gasteiger charge is -2.23. The molecule has 0 radical (unpaired) electrons. The first-order valence-corrected chi connectivity index (χ1v) is 8.66. The predicted molar refractivity (Wildman–Crippen MR) is 104 cm³/mol. The summed E-state index contributed by atoms with van der Waals surface area (Å²) >= 11 is 0. The standard InChI is InChI=1S/C20H21N3O5/c1-12(24)21-13-5-4-6-14(9-13)22-18(25)20(2,3)19(26)23-15-7-8-16-17(10-15)28-11-27-16/h4-10H,11H2,1-3H3,(H,21,24)(H,22,25)(H,23,26). The van der Waals surface area contributed by atoms with Crippen molar-refractivity contribution < 1.29 is 23.9 Å². The minimum absolute atomic E-state index is 0.137. The van der Waals surface area contributed by atoms with Crippen molar-refractivity contribution in [3.63, 3.8) is 0 Å². The zero-order valence-corrected chi connectivity index (χ0v) is 15.8. The Morgan fingerprint density at radius 2 is 1.39 bits per heavy atom. The molecule has 0 saturated heterocycles. The third-order valence-electron chi connectivity index (χ3n) is 4.21. The van der Waals surface area contributed by atoms with E-state index in [1.807, 2.05) is 0 Å². The molecule has 8 heteroatoms. The lowest BCUT2D eigenvalue weighted by atomic mass is 9.90. The molecule has 0 fully saturated rings. The number of carbonyl (C=O) groups is 3. The van der Waals surface area contributed by atoms with Gasteiger partial charge in [-0.05, 0) is 44.2 Å². The molecule has 0 bridgehead atoms. The molecule has 2 aromatic rings. The third kappa shape index (κ3) is 4.22. The summed E-state index contributed by atoms with van der Waals surface area (Å²) < 4.78 is 10.5. The van der Waals surface area contributed by atoms with E-state index in [0.29, 0.717) is 28.6 Å². The maximum Gasteiger partial charge on any atom is 0.239 e. The van der Waals surface area contributed by atoms with E-state index in [0.717, 1.165) is 0 Å². The quantitative estimate of drug-likeness (QED) is 0.689. The van der Waals surface area contributed by atoms with E-state index >= 15 is 0 Å². The van der Waals surface area contributed by atoms with Crippen LogP contribution in [0, 0.1) is 5.41 Å². The van der Waals surface area contributed by atoms with Crippen molar-refractivity contribution >= 4 is 34.8 Å². The van der Waals surface area contributed by atoms with Gasteiger partial charge in [-0.2, -0.15) is 0 Å². The molecule has 3 rings (SSSR count). The average molecular weight is 383 g/mol. The first-order chi connectivity index (χ1) is 13.3. The van der Waals surface area contributed by atoms with Gasteiger partial charge < -0.3 is 25.4 Å². The van der Waals surface area contributed by atoms with Crippen molar-refractivity contribution in [3.8, 4) is 11.5 Å². The lowest BCUT2D eigenvalue weighted by molar-refractivity contribution is -0.135. The smallest absolute Gasteiger partial charge is 0.239 e. The van der Waals surface area contributed by atoms with Gasteiger partial charge in [-0.1, -0.05) is 6.07 Å². The molecule has 1 aliphatic rings. The van der Waals surface area contributed by atoms with Crippen LogP contribution in [0.15, 0.2) is 42.5 Å². The lowest BCUT2D eigenvalue weighted by Crippen LogP contribution is -2.41. The summed E-state index contributed by atoms with van der Waals surface area (Å²) in [5, 5.41) is 8.07. The second-order valence-corrected chi connectivity index (χ2v) is 6.86. The zero-order chi connectivity index (χ0) is 20.3. The number of nitrogens with one attached hydrogen (secondary N) is 3. The van der Waals surface area contributed by atoms with Crippen LogP contribution in [0.25, 0.3) is 0 Å². The van der Waals surface area contributed by atoms with Gasteiger partial charge in [0.2, 0.25) is 24.5 Å². The second-order valence-electron chi connectivity index (χ2n) is 6.86. The predicted octanol–water partition coefficient (Wildman–Crippen LogP) is 2.98. The normalized spacial score (nSPS) is 12.2. The molecule has 0 unspecified atom stereocenters. The number of hydrogen-bond acceptors (Lipinski definition) is 5. The van der Waals surface area contributed by atoms with Crippen molar-refractivity contribution in [2.75, 3.05) is 22.7 Å². The summed E-state index contributed by atoms with van der Waals surface area (Å²) in [4.78, 5) is 36.5. The molecular formula is C20H21N3O5. The number of hydrogen-bond donors (Lipinski definition) is 3. The third-order valence-corrected chi connectivity index (χ3v) is 4.21. The fourth-order valence-corrected chi connectivity index (χ4v) is 2.53. The van der Waals surface area contributed by atoms with Crippen molar-refractivity contribution in [3.05, 3.63) is 42.5 Å². The second kappa shape index (κ2) is 7.59. The molecule has 3 amide bonds. The molecule has 28 heavy (non-hydrogen) atoms. The highest BCUT2D eigenvalue weighted by atomic mass is 16.7. The summed E-state index contributed by atoms with van der Waals surface area (Å²) in [6.07, 6.45) is 0. The summed E-state index contributed by atoms with van der Waals surface area (Å²) in [5.41, 5.74) is 0.177. The van der Waals surface area contributed by atoms with Gasteiger partial charge in [0.1, 0.15) is 5.41 Å². The van der Waals surface area contributed by atoms with E-state index in [2.05, 4.69) is 16.0 Å². The largest absolute Gasteiger partial charge is 0.454 e. The monoisotopic (exact) mass is 383 g/mol. The zero-order valence-electron chi connectivity index (χ0n) is 15.8. The first kappa shape index (κ1) is 19.2. The summed E-state index contributed by atoms with van der Waals surface area (Å²) in [6, 6.07) is 11.7. The van der Waals surface area contributed by atoms with Gasteiger partial charge in [-0.3, -0.25) is 14.4 Å². The van der Waals surface area contributed by atoms with Gasteiger partial charge >= 0.3 is 0 Å². The van der Waals surface area contributed by atoms with Crippen LogP contribution >= 0.6 is 0 Å². The molecule has 1 heterocycles. The summed E-state index contributed by atoms with van der Waals surface area (Å²) in [7, 11) is 0. The number of fused-ring (bicyclic) bond motifs is 1. The number of anilines is 3. The Hall–Kier alpha value is -3.55. The van der Waals surface area contributed by atoms with E-state index in [4.69, 9.17) is 9.47 Å². The Balaban J connectivity index is 1.68. The maximum atomic E-state index is 12.7. The molecule has 0 saturated carbocycles. The molecule has 0 spiro atoms. The summed E-state index contributed by atoms with van der Waals surface area (Å²) in [6.45, 7) is 4.59. The number of ether oxygens (including phenoxy) is 2. The Morgan fingerprint density at radius 3 is 2.04 bits per heavy atom. The van der Waals surface area contributed by atoms with E-state index in [1.54, 1.807) is 42.5 Å². The first-order valence-electron chi connectivity index (χ1n) is 8.66. The SMILES string of the molecule is CC(=O)Nc1cccc(NC(=O)C(C)(C)C(=O)Nc2ccc3c(c2)OCO3)c1. The van der Waals surface area contributed by atoms with Crippen LogP contribution in [-0.2, 0) is 14.4 Å². The Kier molecular flexibility index (Phi) is 5.21. The number of rotatable bonds is 5. The van der Waals surface area contributed by atoms with Gasteiger partial charge in [-0.25, -0.2) is 0 Å². The van der Waals surface area contributed by atoms with E-state index in [9.17, 15) is 14.4 Å². The van der Waals surface area contributed by atoms with Crippen LogP contribution < -0.4 is 25.4 Å². The van der Waals surface area contributed by atoms with Crippen LogP contribution in [0.4, 0.5) is 17.1 Å². The van der Waals surface area contributed by atoms with E-state index < -0.39 is 17.2 Å². The van der Waals surface area contributed by atoms with Crippen molar-refractivity contribution in [1.82, 2.24) is 0 Å². The maximum absolute atomic E-state index is 12.7. The number of carbonyl (C=O) groups excluding carboxylic acids is 3. The molecular weight excluding hydrogens is 362 g/mol. The van der Waals surface area contributed by atoms with Crippen LogP contribution in [0.5, 0.6) is 11.5 Å². The van der Waals surface area contributed by atoms with Crippen LogP contribution in [-0.4, -0.2) is 24.5 Å². The molecule has 2 aromatic carbocycles. The highest BCUT2D eigenvalue weighted by Crippen LogP contribution is 2.34. The highest BCUT2D eigenvalue weighted by Gasteiger charge is 2.36. The minimum Gasteiger partial charge on any atom is -0.454 e. The fourth-order valence-electron chi connectivity index (χ4n) is 2.53. The number of benzene rings is 2. The van der Waals surface area contributed by atoms with Gasteiger partial charge in [0.15, 0.2) is 11.5 Å². The van der Waals surface area contributed by atoms with Gasteiger partial charge in [0.05, 0.1) is 0 Å². The topological polar surface area (TPSA) is 106 Å². The minimum atomic E-state index is -1.35. The van der Waals surface area contributed by atoms with E-state index in [1.165, 1.54) is 20.8 Å². The van der Waals surface area contributed by atoms with Crippen molar-refractivity contribution in [2.45, 2.75) is 20.8 Å². The Bertz CT molecular complexity index is 939. The van der Waals surface area contributed by atoms with E-state index in [-0.39, 0.29) is 12.7 Å². The molecule has 3 N–H and O–H groups in total. The highest BCUT2D eigenvalue weighted by molar-refractivity contribution is 6.14. The molecule has 0 aromatic heterocycles. The average Bonchev–Trinajstić information content (AvgIpc) is 3.09. The number of amides is 3. The van der Waals surface area contributed by atoms with Gasteiger partial charge in [-0.15, -0.1) is 0 Å². The molecule has 146 valence electrons. The van der Waals surface area contributed by atoms with Gasteiger partial charge in [0, 0.05) is 30.1 Å². The summed E-state index contributed by atoms with van der Waals surface area (Å²) in [5.74, 6) is -0.0246. The van der Waals surface area contributed by atoms with Crippen LogP contribution in [0.1, 0.15) is 20.8 Å². The molecule has 8 nitrogen and oxygen atoms in total. The van der Waals surface area contributed by atoms with Crippen LogP contribution in [0.2, 0.25) is 0 Å². The Morgan fingerprint density at radius 1 is 0.821 bits per heavy atom. The Labute approximate surface area is 162 Å².